The lowest BCUT2D eigenvalue weighted by molar-refractivity contribution is 0.0953. The molecule has 1 heterocycles. The predicted octanol–water partition coefficient (Wildman–Crippen LogP) is 4.31. The van der Waals surface area contributed by atoms with Gasteiger partial charge in [0.25, 0.3) is 5.91 Å². The Balaban J connectivity index is 1.33. The van der Waals surface area contributed by atoms with Crippen molar-refractivity contribution in [2.24, 2.45) is 0 Å². The Morgan fingerprint density at radius 1 is 0.879 bits per heavy atom. The molecule has 0 aliphatic carbocycles. The van der Waals surface area contributed by atoms with Crippen LogP contribution >= 0.6 is 0 Å². The maximum Gasteiger partial charge on any atom is 0.251 e. The molecule has 0 saturated carbocycles. The number of hydrogen-bond donors (Lipinski definition) is 1. The van der Waals surface area contributed by atoms with E-state index in [1.807, 2.05) is 31.2 Å². The van der Waals surface area contributed by atoms with Crippen molar-refractivity contribution in [3.05, 3.63) is 90.0 Å². The first-order valence-electron chi connectivity index (χ1n) is 10.5. The standard InChI is InChI=1S/C25H23N3O4S/c1-18-8-5-6-11-22(18)25-28-27-24(32-25)20-14-12-19(13-15-20)23(29)26-16-7-17-33(30,31)21-9-3-2-4-10-21/h2-6,8-15H,7,16-17H2,1H3,(H,26,29). The number of sulfone groups is 1. The number of carbonyl (C=O) groups excluding carboxylic acids is 1. The van der Waals surface area contributed by atoms with Crippen molar-refractivity contribution in [1.29, 1.82) is 0 Å². The van der Waals surface area contributed by atoms with Crippen molar-refractivity contribution in [2.75, 3.05) is 12.3 Å². The van der Waals surface area contributed by atoms with Crippen molar-refractivity contribution >= 4 is 15.7 Å². The molecule has 0 aliphatic rings. The lowest BCUT2D eigenvalue weighted by Crippen LogP contribution is -2.26. The number of nitrogens with one attached hydrogen (secondary N) is 1. The third-order valence-corrected chi connectivity index (χ3v) is 6.99. The second-order valence-electron chi connectivity index (χ2n) is 7.55. The molecular weight excluding hydrogens is 438 g/mol. The fourth-order valence-electron chi connectivity index (χ4n) is 3.34. The van der Waals surface area contributed by atoms with Crippen molar-refractivity contribution in [3.8, 4) is 22.9 Å². The number of amides is 1. The summed E-state index contributed by atoms with van der Waals surface area (Å²) >= 11 is 0. The number of carbonyl (C=O) groups is 1. The van der Waals surface area contributed by atoms with E-state index in [4.69, 9.17) is 4.42 Å². The molecule has 1 amide bonds. The van der Waals surface area contributed by atoms with Gasteiger partial charge in [-0.15, -0.1) is 10.2 Å². The van der Waals surface area contributed by atoms with Gasteiger partial charge in [0.15, 0.2) is 9.84 Å². The van der Waals surface area contributed by atoms with Crippen LogP contribution in [0.4, 0.5) is 0 Å². The van der Waals surface area contributed by atoms with E-state index in [2.05, 4.69) is 15.5 Å². The molecule has 0 aliphatic heterocycles. The molecule has 0 bridgehead atoms. The summed E-state index contributed by atoms with van der Waals surface area (Å²) in [7, 11) is -3.35. The normalized spacial score (nSPS) is 11.3. The molecule has 1 aromatic heterocycles. The number of benzene rings is 3. The first-order chi connectivity index (χ1) is 15.9. The molecule has 8 heteroatoms. The summed E-state index contributed by atoms with van der Waals surface area (Å²) in [6.45, 7) is 2.24. The number of aromatic nitrogens is 2. The molecule has 0 atom stereocenters. The van der Waals surface area contributed by atoms with Crippen LogP contribution in [0.3, 0.4) is 0 Å². The lowest BCUT2D eigenvalue weighted by Gasteiger charge is -2.07. The smallest absolute Gasteiger partial charge is 0.251 e. The van der Waals surface area contributed by atoms with E-state index in [1.165, 1.54) is 0 Å². The highest BCUT2D eigenvalue weighted by molar-refractivity contribution is 7.91. The van der Waals surface area contributed by atoms with E-state index < -0.39 is 9.84 Å². The Kier molecular flexibility index (Phi) is 6.65. The van der Waals surface area contributed by atoms with Gasteiger partial charge >= 0.3 is 0 Å². The number of rotatable bonds is 8. The van der Waals surface area contributed by atoms with Crippen LogP contribution in [-0.4, -0.2) is 36.8 Å². The van der Waals surface area contributed by atoms with E-state index >= 15 is 0 Å². The van der Waals surface area contributed by atoms with E-state index in [0.717, 1.165) is 11.1 Å². The highest BCUT2D eigenvalue weighted by atomic mass is 32.2. The molecule has 0 fully saturated rings. The second-order valence-corrected chi connectivity index (χ2v) is 9.66. The molecule has 0 spiro atoms. The van der Waals surface area contributed by atoms with Crippen LogP contribution in [0, 0.1) is 6.92 Å². The molecule has 0 saturated heterocycles. The molecule has 33 heavy (non-hydrogen) atoms. The number of hydrogen-bond acceptors (Lipinski definition) is 6. The summed E-state index contributed by atoms with van der Waals surface area (Å²) in [4.78, 5) is 12.7. The van der Waals surface area contributed by atoms with Crippen LogP contribution in [0.2, 0.25) is 0 Å². The van der Waals surface area contributed by atoms with E-state index in [1.54, 1.807) is 54.6 Å². The number of aryl methyl sites for hydroxylation is 1. The fraction of sp³-hybridized carbons (Fsp3) is 0.160. The average Bonchev–Trinajstić information content (AvgIpc) is 3.33. The topological polar surface area (TPSA) is 102 Å². The Bertz CT molecular complexity index is 1350. The van der Waals surface area contributed by atoms with Crippen LogP contribution in [0.1, 0.15) is 22.3 Å². The SMILES string of the molecule is Cc1ccccc1-c1nnc(-c2ccc(C(=O)NCCCS(=O)(=O)c3ccccc3)cc2)o1. The Hall–Kier alpha value is -3.78. The molecule has 0 unspecified atom stereocenters. The van der Waals surface area contributed by atoms with Crippen molar-refractivity contribution < 1.29 is 17.6 Å². The van der Waals surface area contributed by atoms with E-state index in [-0.39, 0.29) is 18.2 Å². The zero-order chi connectivity index (χ0) is 23.3. The zero-order valence-corrected chi connectivity index (χ0v) is 18.9. The summed E-state index contributed by atoms with van der Waals surface area (Å²) in [6.07, 6.45) is 0.324. The first-order valence-corrected chi connectivity index (χ1v) is 12.2. The molecule has 4 aromatic rings. The van der Waals surface area contributed by atoms with E-state index in [9.17, 15) is 13.2 Å². The van der Waals surface area contributed by atoms with Gasteiger partial charge in [-0.25, -0.2) is 8.42 Å². The number of nitrogens with zero attached hydrogens (tertiary/aromatic N) is 2. The highest BCUT2D eigenvalue weighted by Crippen LogP contribution is 2.26. The Morgan fingerprint density at radius 3 is 2.27 bits per heavy atom. The average molecular weight is 462 g/mol. The summed E-state index contributed by atoms with van der Waals surface area (Å²) in [5.74, 6) is 0.503. The monoisotopic (exact) mass is 461 g/mol. The Morgan fingerprint density at radius 2 is 1.55 bits per heavy atom. The predicted molar refractivity (Wildman–Crippen MR) is 125 cm³/mol. The quantitative estimate of drug-likeness (QED) is 0.393. The molecule has 7 nitrogen and oxygen atoms in total. The summed E-state index contributed by atoms with van der Waals surface area (Å²) in [5.41, 5.74) is 3.08. The van der Waals surface area contributed by atoms with Gasteiger partial charge in [-0.05, 0) is 61.4 Å². The maximum atomic E-state index is 12.4. The third-order valence-electron chi connectivity index (χ3n) is 5.17. The van der Waals surface area contributed by atoms with Crippen LogP contribution in [0.5, 0.6) is 0 Å². The second kappa shape index (κ2) is 9.79. The summed E-state index contributed by atoms with van der Waals surface area (Å²) in [5, 5.41) is 11.0. The van der Waals surface area contributed by atoms with Gasteiger partial charge in [0.2, 0.25) is 11.8 Å². The van der Waals surface area contributed by atoms with Gasteiger partial charge in [0.05, 0.1) is 10.6 Å². The van der Waals surface area contributed by atoms with Gasteiger partial charge < -0.3 is 9.73 Å². The minimum atomic E-state index is -3.35. The highest BCUT2D eigenvalue weighted by Gasteiger charge is 2.15. The zero-order valence-electron chi connectivity index (χ0n) is 18.1. The van der Waals surface area contributed by atoms with Crippen LogP contribution in [0.15, 0.2) is 88.2 Å². The largest absolute Gasteiger partial charge is 0.416 e. The summed E-state index contributed by atoms with van der Waals surface area (Å²) in [6, 6.07) is 22.9. The van der Waals surface area contributed by atoms with Gasteiger partial charge in [-0.3, -0.25) is 4.79 Å². The Labute approximate surface area is 192 Å². The van der Waals surface area contributed by atoms with Crippen molar-refractivity contribution in [3.63, 3.8) is 0 Å². The molecule has 168 valence electrons. The van der Waals surface area contributed by atoms with Crippen molar-refractivity contribution in [2.45, 2.75) is 18.2 Å². The van der Waals surface area contributed by atoms with Crippen LogP contribution in [0.25, 0.3) is 22.9 Å². The van der Waals surface area contributed by atoms with Crippen molar-refractivity contribution in [1.82, 2.24) is 15.5 Å². The first kappa shape index (κ1) is 22.4. The van der Waals surface area contributed by atoms with E-state index in [0.29, 0.717) is 34.2 Å². The minimum Gasteiger partial charge on any atom is -0.416 e. The van der Waals surface area contributed by atoms with Crippen LogP contribution in [-0.2, 0) is 9.84 Å². The maximum absolute atomic E-state index is 12.4. The molecule has 4 rings (SSSR count). The van der Waals surface area contributed by atoms with Gasteiger partial charge in [-0.2, -0.15) is 0 Å². The molecular formula is C25H23N3O4S. The molecule has 3 aromatic carbocycles. The lowest BCUT2D eigenvalue weighted by atomic mass is 10.1. The molecule has 0 radical (unpaired) electrons. The summed E-state index contributed by atoms with van der Waals surface area (Å²) < 4.78 is 30.4. The fourth-order valence-corrected chi connectivity index (χ4v) is 4.67. The molecule has 1 N–H and O–H groups in total. The van der Waals surface area contributed by atoms with Gasteiger partial charge in [0, 0.05) is 23.2 Å². The van der Waals surface area contributed by atoms with Gasteiger partial charge in [-0.1, -0.05) is 36.4 Å². The van der Waals surface area contributed by atoms with Crippen LogP contribution < -0.4 is 5.32 Å². The minimum absolute atomic E-state index is 0.0311. The van der Waals surface area contributed by atoms with Gasteiger partial charge in [0.1, 0.15) is 0 Å². The third kappa shape index (κ3) is 5.35.